The maximum absolute atomic E-state index is 12.7. The third-order valence-corrected chi connectivity index (χ3v) is 1.93. The molecule has 0 unspecified atom stereocenters. The van der Waals surface area contributed by atoms with Crippen molar-refractivity contribution >= 4 is 11.6 Å². The van der Waals surface area contributed by atoms with Crippen LogP contribution in [0.25, 0.3) is 0 Å². The average Bonchev–Trinajstić information content (AvgIpc) is 2.10. The van der Waals surface area contributed by atoms with Gasteiger partial charge in [0.15, 0.2) is 0 Å². The van der Waals surface area contributed by atoms with Gasteiger partial charge < -0.3 is 9.84 Å². The molecule has 0 amide bonds. The van der Waals surface area contributed by atoms with Crippen molar-refractivity contribution in [2.24, 2.45) is 0 Å². The Hall–Kier alpha value is -1.10. The van der Waals surface area contributed by atoms with Gasteiger partial charge >= 0.3 is 6.11 Å². The van der Waals surface area contributed by atoms with Crippen molar-refractivity contribution in [1.82, 2.24) is 0 Å². The number of benzene rings is 1. The fraction of sp³-hybridized carbons (Fsp3) is 0.333. The quantitative estimate of drug-likeness (QED) is 0.822. The van der Waals surface area contributed by atoms with E-state index in [1.807, 2.05) is 0 Å². The number of halogens is 4. The predicted octanol–water partition coefficient (Wildman–Crippen LogP) is 3.21. The minimum atomic E-state index is -4.09. The lowest BCUT2D eigenvalue weighted by Crippen LogP contribution is -2.32. The number of phenolic OH excluding ortho intramolecular Hbond substituents is 1. The summed E-state index contributed by atoms with van der Waals surface area (Å²) in [6, 6.07) is 3.42. The summed E-state index contributed by atoms with van der Waals surface area (Å²) in [7, 11) is 0. The van der Waals surface area contributed by atoms with Gasteiger partial charge in [-0.1, -0.05) is 11.6 Å². The van der Waals surface area contributed by atoms with E-state index in [-0.39, 0.29) is 11.5 Å². The predicted molar refractivity (Wildman–Crippen MR) is 49.2 cm³/mol. The molecule has 0 aromatic heterocycles. The van der Waals surface area contributed by atoms with Crippen molar-refractivity contribution < 1.29 is 23.0 Å². The molecule has 0 spiro atoms. The molecule has 0 bridgehead atoms. The number of hydrogen-bond acceptors (Lipinski definition) is 2. The Balaban J connectivity index is 2.86. The van der Waals surface area contributed by atoms with Crippen LogP contribution in [-0.4, -0.2) is 16.8 Å². The highest BCUT2D eigenvalue weighted by Gasteiger charge is 2.42. The van der Waals surface area contributed by atoms with Gasteiger partial charge in [-0.3, -0.25) is 0 Å². The van der Waals surface area contributed by atoms with Crippen LogP contribution in [0.5, 0.6) is 11.5 Å². The van der Waals surface area contributed by atoms with Crippen LogP contribution in [0.3, 0.4) is 0 Å². The summed E-state index contributed by atoms with van der Waals surface area (Å²) < 4.78 is 41.6. The Labute approximate surface area is 89.2 Å². The second-order valence-corrected chi connectivity index (χ2v) is 3.30. The van der Waals surface area contributed by atoms with Crippen LogP contribution in [0.2, 0.25) is 0 Å². The molecule has 1 aromatic rings. The standard InChI is InChI=1S/C9H8ClF3O2/c1-5-4-6(2-3-7(5)14)15-9(12,13)8(10)11/h2-4,8,14H,1H3/t8-/m0/s1. The van der Waals surface area contributed by atoms with Gasteiger partial charge in [0, 0.05) is 0 Å². The third kappa shape index (κ3) is 2.92. The Bertz CT molecular complexity index is 355. The summed E-state index contributed by atoms with van der Waals surface area (Å²) in [5.41, 5.74) is -2.58. The summed E-state index contributed by atoms with van der Waals surface area (Å²) >= 11 is 4.60. The molecule has 1 aromatic carbocycles. The molecule has 1 atom stereocenters. The van der Waals surface area contributed by atoms with Crippen LogP contribution in [0.15, 0.2) is 18.2 Å². The molecule has 2 nitrogen and oxygen atoms in total. The molecule has 1 N–H and O–H groups in total. The zero-order valence-corrected chi connectivity index (χ0v) is 8.43. The van der Waals surface area contributed by atoms with E-state index in [1.54, 1.807) is 0 Å². The first-order valence-electron chi connectivity index (χ1n) is 3.97. The summed E-state index contributed by atoms with van der Waals surface area (Å²) in [5, 5.41) is 9.11. The minimum Gasteiger partial charge on any atom is -0.508 e. The topological polar surface area (TPSA) is 29.5 Å². The van der Waals surface area contributed by atoms with Gasteiger partial charge in [-0.15, -0.1) is 0 Å². The van der Waals surface area contributed by atoms with Crippen molar-refractivity contribution in [2.45, 2.75) is 18.7 Å². The van der Waals surface area contributed by atoms with Crippen LogP contribution in [0.1, 0.15) is 5.56 Å². The maximum atomic E-state index is 12.7. The fourth-order valence-corrected chi connectivity index (χ4v) is 0.938. The summed E-state index contributed by atoms with van der Waals surface area (Å²) in [6.07, 6.45) is -4.09. The molecule has 1 rings (SSSR count). The molecule has 0 fully saturated rings. The highest BCUT2D eigenvalue weighted by molar-refractivity contribution is 6.20. The highest BCUT2D eigenvalue weighted by Crippen LogP contribution is 2.30. The average molecular weight is 241 g/mol. The normalized spacial score (nSPS) is 13.7. The number of aromatic hydroxyl groups is 1. The van der Waals surface area contributed by atoms with Gasteiger partial charge in [-0.2, -0.15) is 8.78 Å². The zero-order chi connectivity index (χ0) is 11.6. The molecule has 0 aliphatic rings. The first-order valence-corrected chi connectivity index (χ1v) is 4.41. The molecule has 15 heavy (non-hydrogen) atoms. The maximum Gasteiger partial charge on any atom is 0.444 e. The third-order valence-electron chi connectivity index (χ3n) is 1.68. The second kappa shape index (κ2) is 4.18. The number of hydrogen-bond donors (Lipinski definition) is 1. The van der Waals surface area contributed by atoms with Gasteiger partial charge in [0.1, 0.15) is 11.5 Å². The lowest BCUT2D eigenvalue weighted by Gasteiger charge is -2.17. The number of phenols is 1. The van der Waals surface area contributed by atoms with Crippen LogP contribution < -0.4 is 4.74 Å². The fourth-order valence-electron chi connectivity index (χ4n) is 0.893. The van der Waals surface area contributed by atoms with E-state index in [0.717, 1.165) is 12.1 Å². The Morgan fingerprint density at radius 3 is 2.53 bits per heavy atom. The lowest BCUT2D eigenvalue weighted by atomic mass is 10.2. The van der Waals surface area contributed by atoms with E-state index in [4.69, 9.17) is 5.11 Å². The minimum absolute atomic E-state index is 0.0617. The van der Waals surface area contributed by atoms with Crippen LogP contribution in [-0.2, 0) is 0 Å². The summed E-state index contributed by atoms with van der Waals surface area (Å²) in [6.45, 7) is 1.49. The lowest BCUT2D eigenvalue weighted by molar-refractivity contribution is -0.199. The van der Waals surface area contributed by atoms with Crippen molar-refractivity contribution in [3.63, 3.8) is 0 Å². The highest BCUT2D eigenvalue weighted by atomic mass is 35.5. The zero-order valence-electron chi connectivity index (χ0n) is 7.68. The van der Waals surface area contributed by atoms with Crippen LogP contribution >= 0.6 is 11.6 Å². The molecule has 0 radical (unpaired) electrons. The Morgan fingerprint density at radius 1 is 1.47 bits per heavy atom. The molecule has 84 valence electrons. The molecule has 6 heteroatoms. The van der Waals surface area contributed by atoms with Crippen molar-refractivity contribution in [3.05, 3.63) is 23.8 Å². The van der Waals surface area contributed by atoms with Gasteiger partial charge in [-0.05, 0) is 30.7 Å². The molecule has 0 saturated carbocycles. The summed E-state index contributed by atoms with van der Waals surface area (Å²) in [4.78, 5) is 0. The van der Waals surface area contributed by atoms with Gasteiger partial charge in [0.25, 0.3) is 5.63 Å². The van der Waals surface area contributed by atoms with E-state index in [2.05, 4.69) is 16.3 Å². The summed E-state index contributed by atoms with van der Waals surface area (Å²) in [5.74, 6) is -0.327. The second-order valence-electron chi connectivity index (χ2n) is 2.91. The first kappa shape index (κ1) is 12.0. The van der Waals surface area contributed by atoms with E-state index in [9.17, 15) is 13.2 Å². The van der Waals surface area contributed by atoms with Gasteiger partial charge in [0.05, 0.1) is 0 Å². The van der Waals surface area contributed by atoms with Crippen LogP contribution in [0.4, 0.5) is 13.2 Å². The Morgan fingerprint density at radius 2 is 2.07 bits per heavy atom. The monoisotopic (exact) mass is 240 g/mol. The van der Waals surface area contributed by atoms with E-state index in [1.165, 1.54) is 13.0 Å². The number of rotatable bonds is 3. The van der Waals surface area contributed by atoms with Crippen molar-refractivity contribution in [1.29, 1.82) is 0 Å². The smallest absolute Gasteiger partial charge is 0.444 e. The molecular weight excluding hydrogens is 233 g/mol. The number of aryl methyl sites for hydroxylation is 1. The van der Waals surface area contributed by atoms with Crippen molar-refractivity contribution in [2.75, 3.05) is 0 Å². The van der Waals surface area contributed by atoms with E-state index in [0.29, 0.717) is 5.56 Å². The largest absolute Gasteiger partial charge is 0.508 e. The van der Waals surface area contributed by atoms with E-state index >= 15 is 0 Å². The van der Waals surface area contributed by atoms with Crippen LogP contribution in [0, 0.1) is 6.92 Å². The van der Waals surface area contributed by atoms with Gasteiger partial charge in [0.2, 0.25) is 0 Å². The number of alkyl halides is 4. The SMILES string of the molecule is Cc1cc(OC(F)(F)[C@H](F)Cl)ccc1O. The molecule has 0 aliphatic carbocycles. The Kier molecular flexibility index (Phi) is 3.34. The molecule has 0 saturated heterocycles. The van der Waals surface area contributed by atoms with Crippen molar-refractivity contribution in [3.8, 4) is 11.5 Å². The van der Waals surface area contributed by atoms with Gasteiger partial charge in [-0.25, -0.2) is 4.39 Å². The van der Waals surface area contributed by atoms with E-state index < -0.39 is 11.7 Å². The molecule has 0 aliphatic heterocycles. The first-order chi connectivity index (χ1) is 6.83. The molecular formula is C9H8ClF3O2. The molecule has 0 heterocycles. The number of ether oxygens (including phenoxy) is 1.